The van der Waals surface area contributed by atoms with E-state index in [1.54, 1.807) is 0 Å². The quantitative estimate of drug-likeness (QED) is 0.183. The minimum atomic E-state index is 0.923. The first-order valence-electron chi connectivity index (χ1n) is 17.3. The van der Waals surface area contributed by atoms with Crippen LogP contribution in [0.25, 0.3) is 103 Å². The standard InChI is InChI=1S/C48H29NOS/c1-2-9-30(10-3-1)31-17-22-35(23-18-31)49-43-15-6-4-11-37(43)38-24-19-34(29-44(38)49)36-13-8-14-40-42-28-33(21-26-47(42)51-48(36)40)32-20-25-46-41(27-32)39-12-5-7-16-45(39)50-46/h1-29H. The van der Waals surface area contributed by atoms with Crippen molar-refractivity contribution in [3.8, 4) is 39.1 Å². The van der Waals surface area contributed by atoms with E-state index in [0.717, 1.165) is 27.6 Å². The number of nitrogens with zero attached hydrogens (tertiary/aromatic N) is 1. The molecule has 8 aromatic carbocycles. The summed E-state index contributed by atoms with van der Waals surface area (Å²) in [6, 6.07) is 63.8. The molecule has 3 aromatic heterocycles. The first-order chi connectivity index (χ1) is 25.3. The lowest BCUT2D eigenvalue weighted by Gasteiger charge is -2.11. The van der Waals surface area contributed by atoms with Gasteiger partial charge in [-0.05, 0) is 88.0 Å². The summed E-state index contributed by atoms with van der Waals surface area (Å²) in [6.07, 6.45) is 0. The molecule has 51 heavy (non-hydrogen) atoms. The van der Waals surface area contributed by atoms with E-state index in [1.807, 2.05) is 23.5 Å². The van der Waals surface area contributed by atoms with Crippen molar-refractivity contribution in [3.63, 3.8) is 0 Å². The third kappa shape index (κ3) is 4.42. The molecule has 3 heteroatoms. The normalized spacial score (nSPS) is 11.9. The molecule has 3 heterocycles. The van der Waals surface area contributed by atoms with Gasteiger partial charge in [0.15, 0.2) is 0 Å². The minimum absolute atomic E-state index is 0.923. The minimum Gasteiger partial charge on any atom is -0.456 e. The van der Waals surface area contributed by atoms with Gasteiger partial charge in [-0.15, -0.1) is 11.3 Å². The zero-order valence-corrected chi connectivity index (χ0v) is 28.3. The van der Waals surface area contributed by atoms with Crippen molar-refractivity contribution in [2.24, 2.45) is 0 Å². The molecular formula is C48H29NOS. The van der Waals surface area contributed by atoms with Gasteiger partial charge in [0.1, 0.15) is 11.2 Å². The third-order valence-corrected chi connectivity index (χ3v) is 11.6. The van der Waals surface area contributed by atoms with Crippen LogP contribution in [-0.4, -0.2) is 4.57 Å². The summed E-state index contributed by atoms with van der Waals surface area (Å²) in [7, 11) is 0. The molecule has 2 nitrogen and oxygen atoms in total. The van der Waals surface area contributed by atoms with Gasteiger partial charge in [0.2, 0.25) is 0 Å². The summed E-state index contributed by atoms with van der Waals surface area (Å²) in [5, 5.41) is 7.42. The van der Waals surface area contributed by atoms with Crippen LogP contribution in [0.1, 0.15) is 0 Å². The Morgan fingerprint density at radius 1 is 0.373 bits per heavy atom. The van der Waals surface area contributed by atoms with Crippen molar-refractivity contribution in [2.75, 3.05) is 0 Å². The van der Waals surface area contributed by atoms with Crippen LogP contribution in [0.2, 0.25) is 0 Å². The van der Waals surface area contributed by atoms with E-state index in [2.05, 4.69) is 168 Å². The molecule has 0 amide bonds. The first kappa shape index (κ1) is 28.4. The van der Waals surface area contributed by atoms with Crippen molar-refractivity contribution in [1.82, 2.24) is 4.57 Å². The largest absolute Gasteiger partial charge is 0.456 e. The highest BCUT2D eigenvalue weighted by Crippen LogP contribution is 2.43. The molecule has 0 aliphatic heterocycles. The Morgan fingerprint density at radius 2 is 1.02 bits per heavy atom. The lowest BCUT2D eigenvalue weighted by atomic mass is 9.98. The van der Waals surface area contributed by atoms with Crippen LogP contribution in [0.3, 0.4) is 0 Å². The number of fused-ring (bicyclic) bond motifs is 9. The van der Waals surface area contributed by atoms with E-state index < -0.39 is 0 Å². The highest BCUT2D eigenvalue weighted by molar-refractivity contribution is 7.26. The molecule has 0 aliphatic carbocycles. The Kier molecular flexibility index (Phi) is 6.16. The molecule has 0 atom stereocenters. The maximum absolute atomic E-state index is 6.11. The predicted octanol–water partition coefficient (Wildman–Crippen LogP) is 14.1. The maximum Gasteiger partial charge on any atom is 0.135 e. The monoisotopic (exact) mass is 667 g/mol. The zero-order chi connectivity index (χ0) is 33.5. The van der Waals surface area contributed by atoms with Crippen molar-refractivity contribution in [2.45, 2.75) is 0 Å². The van der Waals surface area contributed by atoms with Crippen LogP contribution in [0.4, 0.5) is 0 Å². The fourth-order valence-corrected chi connectivity index (χ4v) is 9.18. The SMILES string of the molecule is c1ccc(-c2ccc(-n3c4ccccc4c4ccc(-c5cccc6c5sc5ccc(-c7ccc8oc9ccccc9c8c7)cc56)cc43)cc2)cc1. The molecule has 0 N–H and O–H groups in total. The van der Waals surface area contributed by atoms with E-state index in [0.29, 0.717) is 0 Å². The Bertz CT molecular complexity index is 3120. The second kappa shape index (κ2) is 11.0. The Labute approximate surface area is 298 Å². The van der Waals surface area contributed by atoms with Crippen LogP contribution in [0.5, 0.6) is 0 Å². The summed E-state index contributed by atoms with van der Waals surface area (Å²) in [6.45, 7) is 0. The van der Waals surface area contributed by atoms with Gasteiger partial charge in [-0.1, -0.05) is 121 Å². The van der Waals surface area contributed by atoms with Crippen LogP contribution in [0.15, 0.2) is 180 Å². The molecule has 0 bridgehead atoms. The van der Waals surface area contributed by atoms with E-state index in [1.165, 1.54) is 75.4 Å². The average Bonchev–Trinajstić information content (AvgIpc) is 3.87. The van der Waals surface area contributed by atoms with E-state index in [9.17, 15) is 0 Å². The molecule has 238 valence electrons. The van der Waals surface area contributed by atoms with Gasteiger partial charge in [0.05, 0.1) is 11.0 Å². The second-order valence-electron chi connectivity index (χ2n) is 13.3. The number of furan rings is 1. The molecule has 0 unspecified atom stereocenters. The number of hydrogen-bond donors (Lipinski definition) is 0. The lowest BCUT2D eigenvalue weighted by molar-refractivity contribution is 0.669. The third-order valence-electron chi connectivity index (χ3n) is 10.4. The lowest BCUT2D eigenvalue weighted by Crippen LogP contribution is -1.94. The molecule has 0 spiro atoms. The van der Waals surface area contributed by atoms with Crippen LogP contribution in [0, 0.1) is 0 Å². The van der Waals surface area contributed by atoms with Gasteiger partial charge in [-0.2, -0.15) is 0 Å². The smallest absolute Gasteiger partial charge is 0.135 e. The van der Waals surface area contributed by atoms with Gasteiger partial charge in [0.25, 0.3) is 0 Å². The predicted molar refractivity (Wildman–Crippen MR) is 217 cm³/mol. The fourth-order valence-electron chi connectivity index (χ4n) is 7.96. The van der Waals surface area contributed by atoms with Gasteiger partial charge in [0, 0.05) is 47.4 Å². The Morgan fingerprint density at radius 3 is 1.90 bits per heavy atom. The van der Waals surface area contributed by atoms with Crippen molar-refractivity contribution in [3.05, 3.63) is 176 Å². The molecule has 11 rings (SSSR count). The Balaban J connectivity index is 1.05. The molecule has 0 saturated heterocycles. The molecule has 0 radical (unpaired) electrons. The number of aromatic nitrogens is 1. The van der Waals surface area contributed by atoms with E-state index >= 15 is 0 Å². The Hall–Kier alpha value is -6.42. The summed E-state index contributed by atoms with van der Waals surface area (Å²) < 4.78 is 11.1. The summed E-state index contributed by atoms with van der Waals surface area (Å²) in [5.74, 6) is 0. The highest BCUT2D eigenvalue weighted by Gasteiger charge is 2.17. The van der Waals surface area contributed by atoms with E-state index in [-0.39, 0.29) is 0 Å². The van der Waals surface area contributed by atoms with Gasteiger partial charge in [-0.3, -0.25) is 0 Å². The molecular weight excluding hydrogens is 639 g/mol. The number of para-hydroxylation sites is 2. The van der Waals surface area contributed by atoms with Gasteiger partial charge >= 0.3 is 0 Å². The molecule has 0 saturated carbocycles. The van der Waals surface area contributed by atoms with Gasteiger partial charge in [-0.25, -0.2) is 0 Å². The molecule has 0 fully saturated rings. The summed E-state index contributed by atoms with van der Waals surface area (Å²) in [5.41, 5.74) is 12.8. The van der Waals surface area contributed by atoms with E-state index in [4.69, 9.17) is 4.42 Å². The van der Waals surface area contributed by atoms with Crippen LogP contribution in [-0.2, 0) is 0 Å². The molecule has 0 aliphatic rings. The topological polar surface area (TPSA) is 18.1 Å². The van der Waals surface area contributed by atoms with Crippen molar-refractivity contribution < 1.29 is 4.42 Å². The number of thiophene rings is 1. The number of hydrogen-bond acceptors (Lipinski definition) is 2. The summed E-state index contributed by atoms with van der Waals surface area (Å²) >= 11 is 1.88. The van der Waals surface area contributed by atoms with Crippen molar-refractivity contribution in [1.29, 1.82) is 0 Å². The highest BCUT2D eigenvalue weighted by atomic mass is 32.1. The first-order valence-corrected chi connectivity index (χ1v) is 18.1. The van der Waals surface area contributed by atoms with Crippen molar-refractivity contribution >= 4 is 75.3 Å². The van der Waals surface area contributed by atoms with Gasteiger partial charge < -0.3 is 8.98 Å². The van der Waals surface area contributed by atoms with Crippen LogP contribution >= 0.6 is 11.3 Å². The zero-order valence-electron chi connectivity index (χ0n) is 27.5. The second-order valence-corrected chi connectivity index (χ2v) is 14.4. The summed E-state index contributed by atoms with van der Waals surface area (Å²) in [4.78, 5) is 0. The number of rotatable bonds is 4. The average molecular weight is 668 g/mol. The molecule has 11 aromatic rings. The fraction of sp³-hybridized carbons (Fsp3) is 0. The number of benzene rings is 8. The van der Waals surface area contributed by atoms with Crippen LogP contribution < -0.4 is 0 Å². The maximum atomic E-state index is 6.11.